The maximum absolute atomic E-state index is 11.2. The summed E-state index contributed by atoms with van der Waals surface area (Å²) in [4.78, 5) is 24.7. The van der Waals surface area contributed by atoms with Crippen molar-refractivity contribution >= 4 is 11.6 Å². The van der Waals surface area contributed by atoms with Gasteiger partial charge in [0, 0.05) is 6.54 Å². The normalized spacial score (nSPS) is 23.0. The summed E-state index contributed by atoms with van der Waals surface area (Å²) in [7, 11) is 2.08. The van der Waals surface area contributed by atoms with Crippen molar-refractivity contribution in [1.82, 2.24) is 4.90 Å². The molecule has 0 spiro atoms. The molecule has 0 bridgehead atoms. The van der Waals surface area contributed by atoms with E-state index in [2.05, 4.69) is 11.9 Å². The molecule has 1 rings (SSSR count). The Hall–Kier alpha value is -0.700. The van der Waals surface area contributed by atoms with Crippen LogP contribution in [0.25, 0.3) is 0 Å². The van der Waals surface area contributed by atoms with E-state index in [1.165, 1.54) is 13.8 Å². The number of carbonyl (C=O) groups excluding carboxylic acids is 2. The van der Waals surface area contributed by atoms with E-state index in [1.807, 2.05) is 0 Å². The zero-order chi connectivity index (χ0) is 10.7. The molecule has 0 aromatic heterocycles. The molecule has 1 aliphatic heterocycles. The highest BCUT2D eigenvalue weighted by molar-refractivity contribution is 6.00. The molecular weight excluding hydrogens is 178 g/mol. The highest BCUT2D eigenvalue weighted by atomic mass is 16.1. The fourth-order valence-electron chi connectivity index (χ4n) is 2.17. The number of likely N-dealkylation sites (tertiary alicyclic amines) is 1. The van der Waals surface area contributed by atoms with Gasteiger partial charge >= 0.3 is 0 Å². The minimum Gasteiger partial charge on any atom is -0.306 e. The van der Waals surface area contributed by atoms with Crippen LogP contribution in [0.5, 0.6) is 0 Å². The summed E-state index contributed by atoms with van der Waals surface area (Å²) in [6.07, 6.45) is 1.86. The van der Waals surface area contributed by atoms with E-state index < -0.39 is 0 Å². The van der Waals surface area contributed by atoms with Gasteiger partial charge in [0.1, 0.15) is 11.6 Å². The second-order valence-electron chi connectivity index (χ2n) is 4.43. The van der Waals surface area contributed by atoms with Crippen LogP contribution in [-0.2, 0) is 9.59 Å². The molecule has 1 unspecified atom stereocenters. The van der Waals surface area contributed by atoms with Crippen molar-refractivity contribution < 1.29 is 9.59 Å². The molecule has 0 aromatic rings. The van der Waals surface area contributed by atoms with Crippen LogP contribution in [0.3, 0.4) is 0 Å². The average molecular weight is 197 g/mol. The first kappa shape index (κ1) is 11.4. The Kier molecular flexibility index (Phi) is 3.81. The Balaban J connectivity index is 2.48. The van der Waals surface area contributed by atoms with Crippen molar-refractivity contribution in [2.75, 3.05) is 20.1 Å². The quantitative estimate of drug-likeness (QED) is 0.634. The van der Waals surface area contributed by atoms with E-state index >= 15 is 0 Å². The first-order valence-electron chi connectivity index (χ1n) is 5.20. The van der Waals surface area contributed by atoms with Crippen LogP contribution in [0.4, 0.5) is 0 Å². The topological polar surface area (TPSA) is 37.4 Å². The van der Waals surface area contributed by atoms with Gasteiger partial charge in [-0.3, -0.25) is 9.59 Å². The molecule has 0 N–H and O–H groups in total. The Morgan fingerprint density at radius 3 is 2.29 bits per heavy atom. The molecule has 80 valence electrons. The summed E-state index contributed by atoms with van der Waals surface area (Å²) >= 11 is 0. The van der Waals surface area contributed by atoms with Crippen LogP contribution < -0.4 is 0 Å². The molecule has 1 heterocycles. The largest absolute Gasteiger partial charge is 0.306 e. The van der Waals surface area contributed by atoms with Gasteiger partial charge in [0.2, 0.25) is 0 Å². The van der Waals surface area contributed by atoms with Gasteiger partial charge in [-0.05, 0) is 46.2 Å². The van der Waals surface area contributed by atoms with Crippen LogP contribution in [-0.4, -0.2) is 36.6 Å². The number of hydrogen-bond donors (Lipinski definition) is 0. The zero-order valence-corrected chi connectivity index (χ0v) is 9.25. The lowest BCUT2D eigenvalue weighted by molar-refractivity contribution is -0.131. The van der Waals surface area contributed by atoms with Gasteiger partial charge in [0.05, 0.1) is 5.92 Å². The van der Waals surface area contributed by atoms with Gasteiger partial charge in [-0.1, -0.05) is 0 Å². The van der Waals surface area contributed by atoms with Crippen LogP contribution in [0.2, 0.25) is 0 Å². The van der Waals surface area contributed by atoms with Crippen molar-refractivity contribution in [3.63, 3.8) is 0 Å². The minimum atomic E-state index is -0.355. The molecule has 0 saturated carbocycles. The number of carbonyl (C=O) groups is 2. The summed E-state index contributed by atoms with van der Waals surface area (Å²) < 4.78 is 0. The second-order valence-corrected chi connectivity index (χ2v) is 4.43. The lowest BCUT2D eigenvalue weighted by Gasteiger charge is -2.15. The third kappa shape index (κ3) is 2.91. The van der Waals surface area contributed by atoms with Crippen molar-refractivity contribution in [2.24, 2.45) is 11.8 Å². The molecule has 1 aliphatic rings. The molecule has 1 fully saturated rings. The van der Waals surface area contributed by atoms with Crippen molar-refractivity contribution in [2.45, 2.75) is 26.7 Å². The lowest BCUT2D eigenvalue weighted by Crippen LogP contribution is -2.24. The highest BCUT2D eigenvalue weighted by Gasteiger charge is 2.27. The Morgan fingerprint density at radius 1 is 1.36 bits per heavy atom. The van der Waals surface area contributed by atoms with E-state index in [0.29, 0.717) is 5.92 Å². The third-order valence-corrected chi connectivity index (χ3v) is 3.04. The molecule has 3 nitrogen and oxygen atoms in total. The zero-order valence-electron chi connectivity index (χ0n) is 9.25. The van der Waals surface area contributed by atoms with Crippen LogP contribution in [0, 0.1) is 11.8 Å². The Bertz CT molecular complexity index is 223. The van der Waals surface area contributed by atoms with Gasteiger partial charge in [-0.25, -0.2) is 0 Å². The summed E-state index contributed by atoms with van der Waals surface area (Å²) in [6.45, 7) is 5.15. The molecule has 0 aromatic carbocycles. The second kappa shape index (κ2) is 4.69. The summed E-state index contributed by atoms with van der Waals surface area (Å²) in [6, 6.07) is 0. The average Bonchev–Trinajstić information content (AvgIpc) is 2.46. The summed E-state index contributed by atoms with van der Waals surface area (Å²) in [5, 5.41) is 0. The maximum atomic E-state index is 11.2. The molecule has 0 amide bonds. The molecule has 14 heavy (non-hydrogen) atoms. The minimum absolute atomic E-state index is 0.0204. The smallest absolute Gasteiger partial charge is 0.140 e. The number of hydrogen-bond acceptors (Lipinski definition) is 3. The molecule has 0 aliphatic carbocycles. The van der Waals surface area contributed by atoms with Crippen LogP contribution in [0.1, 0.15) is 26.7 Å². The number of nitrogens with zero attached hydrogens (tertiary/aromatic N) is 1. The number of ketones is 2. The van der Waals surface area contributed by atoms with Crippen LogP contribution in [0.15, 0.2) is 0 Å². The molecular formula is C11H19NO2. The van der Waals surface area contributed by atoms with E-state index in [1.54, 1.807) is 0 Å². The Morgan fingerprint density at radius 2 is 1.93 bits per heavy atom. The summed E-state index contributed by atoms with van der Waals surface area (Å²) in [5.74, 6) is 0.211. The van der Waals surface area contributed by atoms with Gasteiger partial charge in [-0.2, -0.15) is 0 Å². The predicted octanol–water partition coefficient (Wildman–Crippen LogP) is 1.12. The van der Waals surface area contributed by atoms with Gasteiger partial charge in [0.25, 0.3) is 0 Å². The van der Waals surface area contributed by atoms with Crippen molar-refractivity contribution in [1.29, 1.82) is 0 Å². The highest BCUT2D eigenvalue weighted by Crippen LogP contribution is 2.23. The van der Waals surface area contributed by atoms with Gasteiger partial charge < -0.3 is 4.90 Å². The number of Topliss-reactive ketones (excluding diaryl/α,β-unsaturated/α-hetero) is 2. The molecule has 1 saturated heterocycles. The van der Waals surface area contributed by atoms with Crippen LogP contribution >= 0.6 is 0 Å². The Labute approximate surface area is 85.5 Å². The van der Waals surface area contributed by atoms with E-state index in [9.17, 15) is 9.59 Å². The van der Waals surface area contributed by atoms with Crippen molar-refractivity contribution in [3.8, 4) is 0 Å². The monoisotopic (exact) mass is 197 g/mol. The number of rotatable bonds is 4. The van der Waals surface area contributed by atoms with E-state index in [0.717, 1.165) is 25.9 Å². The first-order chi connectivity index (χ1) is 6.50. The first-order valence-corrected chi connectivity index (χ1v) is 5.20. The summed E-state index contributed by atoms with van der Waals surface area (Å²) in [5.41, 5.74) is 0. The van der Waals surface area contributed by atoms with E-state index in [4.69, 9.17) is 0 Å². The van der Waals surface area contributed by atoms with Gasteiger partial charge in [0.15, 0.2) is 0 Å². The molecule has 3 heteroatoms. The maximum Gasteiger partial charge on any atom is 0.140 e. The fraction of sp³-hybridized carbons (Fsp3) is 0.818. The predicted molar refractivity (Wildman–Crippen MR) is 55.1 cm³/mol. The van der Waals surface area contributed by atoms with Gasteiger partial charge in [-0.15, -0.1) is 0 Å². The molecule has 0 radical (unpaired) electrons. The fourth-order valence-corrected chi connectivity index (χ4v) is 2.17. The molecule has 1 atom stereocenters. The standard InChI is InChI=1S/C11H19NO2/c1-8(13)11(9(2)14)6-10-4-5-12(3)7-10/h10-11H,4-7H2,1-3H3. The van der Waals surface area contributed by atoms with Crippen molar-refractivity contribution in [3.05, 3.63) is 0 Å². The SMILES string of the molecule is CC(=O)C(CC1CCN(C)C1)C(C)=O. The lowest BCUT2D eigenvalue weighted by atomic mass is 9.88. The van der Waals surface area contributed by atoms with E-state index in [-0.39, 0.29) is 17.5 Å². The third-order valence-electron chi connectivity index (χ3n) is 3.04.